The van der Waals surface area contributed by atoms with E-state index in [0.29, 0.717) is 16.5 Å². The molecule has 2 aromatic rings. The summed E-state index contributed by atoms with van der Waals surface area (Å²) in [6.07, 6.45) is 1.46. The summed E-state index contributed by atoms with van der Waals surface area (Å²) in [6, 6.07) is 13.4. The number of rotatable bonds is 4. The van der Waals surface area contributed by atoms with Gasteiger partial charge in [0, 0.05) is 18.4 Å². The van der Waals surface area contributed by atoms with Crippen molar-refractivity contribution < 1.29 is 9.57 Å². The van der Waals surface area contributed by atoms with Crippen LogP contribution in [0.4, 0.5) is 0 Å². The van der Waals surface area contributed by atoms with Crippen LogP contribution >= 0.6 is 23.2 Å². The molecular weight excluding hydrogens is 321 g/mol. The number of halogens is 2. The first-order chi connectivity index (χ1) is 10.7. The fourth-order valence-electron chi connectivity index (χ4n) is 2.48. The zero-order chi connectivity index (χ0) is 15.5. The van der Waals surface area contributed by atoms with Crippen LogP contribution in [0.25, 0.3) is 0 Å². The Morgan fingerprint density at radius 2 is 1.82 bits per heavy atom. The second-order valence-electron chi connectivity index (χ2n) is 5.12. The predicted molar refractivity (Wildman–Crippen MR) is 89.2 cm³/mol. The average molecular weight is 336 g/mol. The lowest BCUT2D eigenvalue weighted by Gasteiger charge is -2.09. The third kappa shape index (κ3) is 3.21. The molecular formula is C17H15Cl2NO2. The number of oxime groups is 1. The number of methoxy groups -OCH3 is 1. The van der Waals surface area contributed by atoms with Crippen molar-refractivity contribution in [3.63, 3.8) is 0 Å². The van der Waals surface area contributed by atoms with E-state index in [-0.39, 0.29) is 6.10 Å². The van der Waals surface area contributed by atoms with E-state index in [9.17, 15) is 0 Å². The Morgan fingerprint density at radius 1 is 1.14 bits per heavy atom. The average Bonchev–Trinajstić information content (AvgIpc) is 2.96. The van der Waals surface area contributed by atoms with Crippen LogP contribution in [0.5, 0.6) is 5.75 Å². The van der Waals surface area contributed by atoms with Gasteiger partial charge in [0.1, 0.15) is 11.9 Å². The lowest BCUT2D eigenvalue weighted by Crippen LogP contribution is -2.12. The van der Waals surface area contributed by atoms with Gasteiger partial charge in [-0.1, -0.05) is 46.6 Å². The molecule has 0 saturated carbocycles. The van der Waals surface area contributed by atoms with E-state index in [4.69, 9.17) is 32.8 Å². The van der Waals surface area contributed by atoms with Gasteiger partial charge in [-0.25, -0.2) is 0 Å². The molecule has 0 aliphatic carbocycles. The molecule has 1 unspecified atom stereocenters. The van der Waals surface area contributed by atoms with Crippen LogP contribution < -0.4 is 4.74 Å². The monoisotopic (exact) mass is 335 g/mol. The smallest absolute Gasteiger partial charge is 0.137 e. The summed E-state index contributed by atoms with van der Waals surface area (Å²) in [7, 11) is 1.66. The minimum Gasteiger partial charge on any atom is -0.497 e. The summed E-state index contributed by atoms with van der Waals surface area (Å²) < 4.78 is 5.16. The zero-order valence-electron chi connectivity index (χ0n) is 12.1. The predicted octanol–water partition coefficient (Wildman–Crippen LogP) is 4.74. The van der Waals surface area contributed by atoms with E-state index in [2.05, 4.69) is 5.16 Å². The summed E-state index contributed by atoms with van der Waals surface area (Å²) in [5, 5.41) is 5.36. The van der Waals surface area contributed by atoms with Gasteiger partial charge in [-0.3, -0.25) is 0 Å². The highest BCUT2D eigenvalue weighted by Gasteiger charge is 2.25. The van der Waals surface area contributed by atoms with Crippen molar-refractivity contribution in [2.45, 2.75) is 18.9 Å². The molecule has 0 fully saturated rings. The van der Waals surface area contributed by atoms with Gasteiger partial charge in [-0.15, -0.1) is 0 Å². The van der Waals surface area contributed by atoms with E-state index in [1.165, 1.54) is 5.56 Å². The van der Waals surface area contributed by atoms with Gasteiger partial charge in [-0.2, -0.15) is 0 Å². The number of ether oxygens (including phenoxy) is 1. The quantitative estimate of drug-likeness (QED) is 0.808. The van der Waals surface area contributed by atoms with Gasteiger partial charge >= 0.3 is 0 Å². The second kappa shape index (κ2) is 6.59. The molecule has 22 heavy (non-hydrogen) atoms. The molecule has 5 heteroatoms. The maximum absolute atomic E-state index is 6.22. The highest BCUT2D eigenvalue weighted by atomic mass is 35.5. The highest BCUT2D eigenvalue weighted by Crippen LogP contribution is 2.30. The summed E-state index contributed by atoms with van der Waals surface area (Å²) in [6.45, 7) is 0. The maximum atomic E-state index is 6.22. The third-order valence-corrected chi connectivity index (χ3v) is 4.24. The van der Waals surface area contributed by atoms with Crippen LogP contribution in [0.3, 0.4) is 0 Å². The normalized spacial score (nSPS) is 17.0. The van der Waals surface area contributed by atoms with Crippen molar-refractivity contribution in [3.05, 3.63) is 63.6 Å². The minimum absolute atomic E-state index is 0.00395. The van der Waals surface area contributed by atoms with Crippen LogP contribution in [-0.4, -0.2) is 18.9 Å². The lowest BCUT2D eigenvalue weighted by molar-refractivity contribution is 0.0859. The number of hydrogen-bond donors (Lipinski definition) is 0. The van der Waals surface area contributed by atoms with E-state index >= 15 is 0 Å². The number of nitrogens with zero attached hydrogens (tertiary/aromatic N) is 1. The first-order valence-corrected chi connectivity index (χ1v) is 7.73. The van der Waals surface area contributed by atoms with Crippen LogP contribution in [0, 0.1) is 0 Å². The Hall–Kier alpha value is -1.71. The Kier molecular flexibility index (Phi) is 4.55. The molecule has 0 radical (unpaired) electrons. The van der Waals surface area contributed by atoms with E-state index in [1.807, 2.05) is 42.5 Å². The van der Waals surface area contributed by atoms with Gasteiger partial charge in [0.2, 0.25) is 0 Å². The van der Waals surface area contributed by atoms with Gasteiger partial charge in [-0.05, 0) is 29.8 Å². The summed E-state index contributed by atoms with van der Waals surface area (Å²) in [5.41, 5.74) is 2.74. The molecule has 3 nitrogen and oxygen atoms in total. The van der Waals surface area contributed by atoms with Crippen molar-refractivity contribution >= 4 is 28.9 Å². The van der Waals surface area contributed by atoms with Crippen molar-refractivity contribution in [1.29, 1.82) is 0 Å². The first-order valence-electron chi connectivity index (χ1n) is 6.97. The number of benzene rings is 2. The van der Waals surface area contributed by atoms with Crippen molar-refractivity contribution in [3.8, 4) is 5.75 Å². The van der Waals surface area contributed by atoms with Gasteiger partial charge < -0.3 is 9.57 Å². The molecule has 0 bridgehead atoms. The Labute approximate surface area is 139 Å². The SMILES string of the molecule is COc1ccc(CC2CC(c3c(Cl)cccc3Cl)=NO2)cc1. The largest absolute Gasteiger partial charge is 0.497 e. The second-order valence-corrected chi connectivity index (χ2v) is 5.93. The van der Waals surface area contributed by atoms with E-state index in [1.54, 1.807) is 7.11 Å². The van der Waals surface area contributed by atoms with Crippen molar-refractivity contribution in [2.75, 3.05) is 7.11 Å². The molecule has 3 rings (SSSR count). The minimum atomic E-state index is -0.00395. The van der Waals surface area contributed by atoms with E-state index in [0.717, 1.165) is 23.4 Å². The number of hydrogen-bond acceptors (Lipinski definition) is 3. The third-order valence-electron chi connectivity index (χ3n) is 3.61. The van der Waals surface area contributed by atoms with Crippen LogP contribution in [0.2, 0.25) is 10.0 Å². The standard InChI is InChI=1S/C17H15Cl2NO2/c1-21-12-7-5-11(6-8-12)9-13-10-16(20-22-13)17-14(18)3-2-4-15(17)19/h2-8,13H,9-10H2,1H3. The lowest BCUT2D eigenvalue weighted by atomic mass is 10.00. The molecule has 0 spiro atoms. The highest BCUT2D eigenvalue weighted by molar-refractivity contribution is 6.40. The van der Waals surface area contributed by atoms with Crippen molar-refractivity contribution in [2.24, 2.45) is 5.16 Å². The molecule has 1 aliphatic rings. The fourth-order valence-corrected chi connectivity index (χ4v) is 3.10. The van der Waals surface area contributed by atoms with Crippen LogP contribution in [0.1, 0.15) is 17.5 Å². The molecule has 0 N–H and O–H groups in total. The van der Waals surface area contributed by atoms with Crippen LogP contribution in [-0.2, 0) is 11.3 Å². The maximum Gasteiger partial charge on any atom is 0.137 e. The van der Waals surface area contributed by atoms with Crippen molar-refractivity contribution in [1.82, 2.24) is 0 Å². The molecule has 1 atom stereocenters. The fraction of sp³-hybridized carbons (Fsp3) is 0.235. The summed E-state index contributed by atoms with van der Waals surface area (Å²) >= 11 is 12.4. The molecule has 0 aromatic heterocycles. The Balaban J connectivity index is 1.69. The summed E-state index contributed by atoms with van der Waals surface area (Å²) in [4.78, 5) is 5.53. The molecule has 114 valence electrons. The molecule has 1 aliphatic heterocycles. The first kappa shape index (κ1) is 15.2. The van der Waals surface area contributed by atoms with Gasteiger partial charge in [0.25, 0.3) is 0 Å². The zero-order valence-corrected chi connectivity index (χ0v) is 13.6. The molecule has 0 amide bonds. The molecule has 1 heterocycles. The summed E-state index contributed by atoms with van der Waals surface area (Å²) in [5.74, 6) is 0.843. The Morgan fingerprint density at radius 3 is 2.45 bits per heavy atom. The van der Waals surface area contributed by atoms with Gasteiger partial charge in [0.15, 0.2) is 0 Å². The molecule has 2 aromatic carbocycles. The van der Waals surface area contributed by atoms with Gasteiger partial charge in [0.05, 0.1) is 22.9 Å². The Bertz CT molecular complexity index is 678. The topological polar surface area (TPSA) is 30.8 Å². The van der Waals surface area contributed by atoms with E-state index < -0.39 is 0 Å². The van der Waals surface area contributed by atoms with Crippen LogP contribution in [0.15, 0.2) is 47.6 Å². The molecule has 0 saturated heterocycles.